The van der Waals surface area contributed by atoms with Crippen molar-refractivity contribution in [2.45, 2.75) is 24.7 Å². The Bertz CT molecular complexity index is 893. The number of thioether (sulfide) groups is 1. The number of aromatic nitrogens is 2. The first-order valence-corrected chi connectivity index (χ1v) is 9.94. The second-order valence-electron chi connectivity index (χ2n) is 5.82. The predicted octanol–water partition coefficient (Wildman–Crippen LogP) is 4.89. The van der Waals surface area contributed by atoms with Crippen LogP contribution in [0.15, 0.2) is 57.8 Å². The molecule has 0 fully saturated rings. The van der Waals surface area contributed by atoms with Gasteiger partial charge in [0.1, 0.15) is 5.75 Å². The van der Waals surface area contributed by atoms with E-state index < -0.39 is 0 Å². The van der Waals surface area contributed by atoms with Crippen LogP contribution in [0, 0.1) is 0 Å². The van der Waals surface area contributed by atoms with E-state index in [1.807, 2.05) is 36.6 Å². The maximum atomic E-state index is 12.4. The van der Waals surface area contributed by atoms with E-state index in [9.17, 15) is 4.79 Å². The van der Waals surface area contributed by atoms with Crippen molar-refractivity contribution in [2.75, 3.05) is 18.2 Å². The van der Waals surface area contributed by atoms with Gasteiger partial charge in [-0.25, -0.2) is 0 Å². The predicted molar refractivity (Wildman–Crippen MR) is 106 cm³/mol. The Kier molecular flexibility index (Phi) is 6.49. The minimum Gasteiger partial charge on any atom is -0.494 e. The van der Waals surface area contributed by atoms with Crippen LogP contribution in [0.5, 0.6) is 5.75 Å². The molecule has 140 valence electrons. The zero-order valence-electron chi connectivity index (χ0n) is 15.3. The summed E-state index contributed by atoms with van der Waals surface area (Å²) in [7, 11) is 0. The van der Waals surface area contributed by atoms with Gasteiger partial charge in [0.2, 0.25) is 5.89 Å². The average molecular weight is 383 g/mol. The molecule has 1 amide bonds. The summed E-state index contributed by atoms with van der Waals surface area (Å²) < 4.78 is 11.2. The summed E-state index contributed by atoms with van der Waals surface area (Å²) in [5.74, 6) is 0.690. The third-order valence-corrected chi connectivity index (χ3v) is 4.59. The molecule has 6 nitrogen and oxygen atoms in total. The smallest absolute Gasteiger partial charge is 0.322 e. The number of nitrogens with one attached hydrogen (secondary N) is 1. The molecule has 0 bridgehead atoms. The molecule has 2 aromatic carbocycles. The number of hydrogen-bond donors (Lipinski definition) is 1. The minimum absolute atomic E-state index is 0.0567. The van der Waals surface area contributed by atoms with Gasteiger partial charge in [0.25, 0.3) is 5.91 Å². The zero-order valence-corrected chi connectivity index (χ0v) is 16.1. The monoisotopic (exact) mass is 383 g/mol. The van der Waals surface area contributed by atoms with Gasteiger partial charge in [-0.3, -0.25) is 10.1 Å². The normalized spacial score (nSPS) is 10.6. The first-order chi connectivity index (χ1) is 13.2. The van der Waals surface area contributed by atoms with Crippen LogP contribution in [0.4, 0.5) is 6.01 Å². The summed E-state index contributed by atoms with van der Waals surface area (Å²) in [6.45, 7) is 2.73. The molecule has 1 heterocycles. The molecule has 7 heteroatoms. The van der Waals surface area contributed by atoms with E-state index >= 15 is 0 Å². The maximum absolute atomic E-state index is 12.4. The van der Waals surface area contributed by atoms with Gasteiger partial charge in [-0.1, -0.05) is 24.5 Å². The summed E-state index contributed by atoms with van der Waals surface area (Å²) in [6.07, 6.45) is 4.04. The highest BCUT2D eigenvalue weighted by Crippen LogP contribution is 2.23. The Labute approximate surface area is 162 Å². The highest BCUT2D eigenvalue weighted by molar-refractivity contribution is 7.98. The number of unbranched alkanes of at least 4 members (excludes halogenated alkanes) is 1. The number of rotatable bonds is 8. The van der Waals surface area contributed by atoms with Crippen molar-refractivity contribution in [1.29, 1.82) is 0 Å². The molecule has 0 spiro atoms. The van der Waals surface area contributed by atoms with Gasteiger partial charge in [0, 0.05) is 16.0 Å². The first kappa shape index (κ1) is 19.0. The molecule has 3 rings (SSSR count). The van der Waals surface area contributed by atoms with Crippen molar-refractivity contribution in [1.82, 2.24) is 10.2 Å². The summed E-state index contributed by atoms with van der Waals surface area (Å²) in [6, 6.07) is 14.8. The number of amides is 1. The fourth-order valence-electron chi connectivity index (χ4n) is 2.35. The minimum atomic E-state index is -0.330. The highest BCUT2D eigenvalue weighted by atomic mass is 32.2. The lowest BCUT2D eigenvalue weighted by Gasteiger charge is -2.07. The molecule has 0 aliphatic heterocycles. The van der Waals surface area contributed by atoms with Gasteiger partial charge in [0.15, 0.2) is 0 Å². The number of nitrogens with zero attached hydrogens (tertiary/aromatic N) is 2. The number of carbonyl (C=O) groups is 1. The van der Waals surface area contributed by atoms with E-state index in [0.717, 1.165) is 23.3 Å². The molecule has 0 aliphatic carbocycles. The molecule has 0 unspecified atom stereocenters. The van der Waals surface area contributed by atoms with Crippen LogP contribution in [0.3, 0.4) is 0 Å². The number of hydrogen-bond acceptors (Lipinski definition) is 6. The van der Waals surface area contributed by atoms with E-state index in [4.69, 9.17) is 9.15 Å². The zero-order chi connectivity index (χ0) is 19.1. The van der Waals surface area contributed by atoms with Crippen molar-refractivity contribution in [3.05, 3.63) is 54.1 Å². The molecule has 1 aromatic heterocycles. The van der Waals surface area contributed by atoms with E-state index in [1.165, 1.54) is 0 Å². The van der Waals surface area contributed by atoms with Crippen molar-refractivity contribution >= 4 is 23.7 Å². The largest absolute Gasteiger partial charge is 0.494 e. The van der Waals surface area contributed by atoms with Gasteiger partial charge in [0.05, 0.1) is 6.61 Å². The molecule has 0 radical (unpaired) electrons. The van der Waals surface area contributed by atoms with E-state index in [1.54, 1.807) is 30.0 Å². The van der Waals surface area contributed by atoms with Gasteiger partial charge >= 0.3 is 6.01 Å². The SMILES string of the molecule is CCCCOc1cccc(C(=O)Nc2nnc(-c3ccc(SC)cc3)o2)c1. The fraction of sp³-hybridized carbons (Fsp3) is 0.250. The highest BCUT2D eigenvalue weighted by Gasteiger charge is 2.13. The molecule has 0 atom stereocenters. The van der Waals surface area contributed by atoms with Crippen LogP contribution >= 0.6 is 11.8 Å². The van der Waals surface area contributed by atoms with Crippen molar-refractivity contribution in [2.24, 2.45) is 0 Å². The van der Waals surface area contributed by atoms with Crippen molar-refractivity contribution < 1.29 is 13.9 Å². The quantitative estimate of drug-likeness (QED) is 0.441. The molecule has 0 aliphatic rings. The van der Waals surface area contributed by atoms with Crippen LogP contribution in [-0.2, 0) is 0 Å². The van der Waals surface area contributed by atoms with Gasteiger partial charge < -0.3 is 9.15 Å². The molecule has 1 N–H and O–H groups in total. The van der Waals surface area contributed by atoms with Crippen LogP contribution < -0.4 is 10.1 Å². The second-order valence-corrected chi connectivity index (χ2v) is 6.70. The molecule has 0 saturated carbocycles. The average Bonchev–Trinajstić information content (AvgIpc) is 3.17. The summed E-state index contributed by atoms with van der Waals surface area (Å²) in [5, 5.41) is 10.5. The summed E-state index contributed by atoms with van der Waals surface area (Å²) >= 11 is 1.66. The Hall–Kier alpha value is -2.80. The Morgan fingerprint density at radius 1 is 1.19 bits per heavy atom. The molecular formula is C20H21N3O3S. The fourth-order valence-corrected chi connectivity index (χ4v) is 2.76. The topological polar surface area (TPSA) is 77.2 Å². The van der Waals surface area contributed by atoms with Crippen LogP contribution in [-0.4, -0.2) is 29.0 Å². The number of ether oxygens (including phenoxy) is 1. The second kappa shape index (κ2) is 9.23. The van der Waals surface area contributed by atoms with Gasteiger partial charge in [-0.15, -0.1) is 16.9 Å². The van der Waals surface area contributed by atoms with Gasteiger partial charge in [-0.2, -0.15) is 0 Å². The van der Waals surface area contributed by atoms with Gasteiger partial charge in [-0.05, 0) is 55.1 Å². The van der Waals surface area contributed by atoms with E-state index in [0.29, 0.717) is 23.8 Å². The lowest BCUT2D eigenvalue weighted by Crippen LogP contribution is -2.12. The lowest BCUT2D eigenvalue weighted by atomic mass is 10.2. The van der Waals surface area contributed by atoms with Crippen LogP contribution in [0.2, 0.25) is 0 Å². The van der Waals surface area contributed by atoms with E-state index in [-0.39, 0.29) is 11.9 Å². The van der Waals surface area contributed by atoms with Crippen molar-refractivity contribution in [3.63, 3.8) is 0 Å². The number of carbonyl (C=O) groups excluding carboxylic acids is 1. The standard InChI is InChI=1S/C20H21N3O3S/c1-3-4-12-25-16-7-5-6-15(13-16)18(24)21-20-23-22-19(26-20)14-8-10-17(27-2)11-9-14/h5-11,13H,3-4,12H2,1-2H3,(H,21,23,24). The van der Waals surface area contributed by atoms with Crippen molar-refractivity contribution in [3.8, 4) is 17.2 Å². The van der Waals surface area contributed by atoms with E-state index in [2.05, 4.69) is 22.4 Å². The molecular weight excluding hydrogens is 362 g/mol. The molecule has 0 saturated heterocycles. The lowest BCUT2D eigenvalue weighted by molar-refractivity contribution is 0.102. The molecule has 27 heavy (non-hydrogen) atoms. The Balaban J connectivity index is 1.66. The number of anilines is 1. The summed E-state index contributed by atoms with van der Waals surface area (Å²) in [4.78, 5) is 13.6. The van der Waals surface area contributed by atoms with Crippen LogP contribution in [0.1, 0.15) is 30.1 Å². The summed E-state index contributed by atoms with van der Waals surface area (Å²) in [5.41, 5.74) is 1.26. The first-order valence-electron chi connectivity index (χ1n) is 8.71. The Morgan fingerprint density at radius 2 is 2.00 bits per heavy atom. The third-order valence-electron chi connectivity index (χ3n) is 3.85. The third kappa shape index (κ3) is 5.10. The van der Waals surface area contributed by atoms with Crippen LogP contribution in [0.25, 0.3) is 11.5 Å². The Morgan fingerprint density at radius 3 is 2.74 bits per heavy atom. The molecule has 3 aromatic rings. The maximum Gasteiger partial charge on any atom is 0.322 e. The number of benzene rings is 2.